The van der Waals surface area contributed by atoms with Crippen molar-refractivity contribution in [2.75, 3.05) is 13.1 Å². The molecule has 2 aliphatic rings. The Labute approximate surface area is 155 Å². The minimum absolute atomic E-state index is 0.182. The van der Waals surface area contributed by atoms with Crippen molar-refractivity contribution in [2.24, 2.45) is 4.40 Å². The third kappa shape index (κ3) is 2.63. The third-order valence-electron chi connectivity index (χ3n) is 5.26. The standard InChI is InChI=1S/C19H16FN3O3S/c20-13-5-6-14-16(11-13)26-21-18(14)12-7-9-23(10-8-12)19-15-3-1-2-4-17(15)27(24,25)22-19/h1-6,11-12H,7-10H2. The van der Waals surface area contributed by atoms with Crippen LogP contribution in [0.1, 0.15) is 30.0 Å². The molecule has 0 amide bonds. The lowest BCUT2D eigenvalue weighted by Gasteiger charge is -2.32. The summed E-state index contributed by atoms with van der Waals surface area (Å²) in [6, 6.07) is 11.4. The van der Waals surface area contributed by atoms with Crippen molar-refractivity contribution >= 4 is 26.8 Å². The van der Waals surface area contributed by atoms with Crippen molar-refractivity contribution in [1.29, 1.82) is 0 Å². The van der Waals surface area contributed by atoms with Gasteiger partial charge in [0.25, 0.3) is 10.0 Å². The lowest BCUT2D eigenvalue weighted by Crippen LogP contribution is -2.38. The monoisotopic (exact) mass is 385 g/mol. The van der Waals surface area contributed by atoms with Crippen LogP contribution in [-0.4, -0.2) is 37.4 Å². The van der Waals surface area contributed by atoms with Crippen LogP contribution in [0.3, 0.4) is 0 Å². The van der Waals surface area contributed by atoms with E-state index in [4.69, 9.17) is 4.52 Å². The Kier molecular flexibility index (Phi) is 3.58. The number of hydrogen-bond donors (Lipinski definition) is 0. The number of aromatic nitrogens is 1. The molecule has 0 radical (unpaired) electrons. The molecule has 1 aromatic heterocycles. The van der Waals surface area contributed by atoms with E-state index in [1.807, 2.05) is 11.0 Å². The van der Waals surface area contributed by atoms with E-state index in [1.165, 1.54) is 12.1 Å². The summed E-state index contributed by atoms with van der Waals surface area (Å²) in [5.74, 6) is 0.358. The van der Waals surface area contributed by atoms with Crippen LogP contribution >= 0.6 is 0 Å². The zero-order valence-electron chi connectivity index (χ0n) is 14.3. The van der Waals surface area contributed by atoms with Gasteiger partial charge in [-0.2, -0.15) is 8.42 Å². The van der Waals surface area contributed by atoms with Gasteiger partial charge < -0.3 is 9.42 Å². The van der Waals surface area contributed by atoms with E-state index in [-0.39, 0.29) is 16.6 Å². The molecule has 1 fully saturated rings. The first kappa shape index (κ1) is 16.4. The predicted octanol–water partition coefficient (Wildman–Crippen LogP) is 3.30. The van der Waals surface area contributed by atoms with Crippen LogP contribution in [0, 0.1) is 5.82 Å². The predicted molar refractivity (Wildman–Crippen MR) is 97.7 cm³/mol. The summed E-state index contributed by atoms with van der Waals surface area (Å²) in [6.07, 6.45) is 1.58. The molecule has 0 spiro atoms. The van der Waals surface area contributed by atoms with Gasteiger partial charge >= 0.3 is 0 Å². The van der Waals surface area contributed by atoms with Gasteiger partial charge in [0.2, 0.25) is 0 Å². The average molecular weight is 385 g/mol. The quantitative estimate of drug-likeness (QED) is 0.642. The number of rotatable bonds is 1. The Bertz CT molecular complexity index is 1180. The van der Waals surface area contributed by atoms with Crippen molar-refractivity contribution in [3.05, 3.63) is 59.5 Å². The number of nitrogens with zero attached hydrogens (tertiary/aromatic N) is 3. The second kappa shape index (κ2) is 5.88. The highest BCUT2D eigenvalue weighted by atomic mass is 32.2. The Morgan fingerprint density at radius 2 is 1.89 bits per heavy atom. The summed E-state index contributed by atoms with van der Waals surface area (Å²) in [6.45, 7) is 1.34. The molecule has 0 unspecified atom stereocenters. The molecule has 27 heavy (non-hydrogen) atoms. The highest BCUT2D eigenvalue weighted by Crippen LogP contribution is 2.35. The van der Waals surface area contributed by atoms with Gasteiger partial charge in [-0.05, 0) is 37.1 Å². The first-order valence-corrected chi connectivity index (χ1v) is 10.2. The molecule has 0 bridgehead atoms. The van der Waals surface area contributed by atoms with E-state index >= 15 is 0 Å². The highest BCUT2D eigenvalue weighted by Gasteiger charge is 2.34. The molecule has 3 aromatic rings. The average Bonchev–Trinajstić information content (AvgIpc) is 3.20. The lowest BCUT2D eigenvalue weighted by molar-refractivity contribution is 0.305. The van der Waals surface area contributed by atoms with Crippen LogP contribution in [0.25, 0.3) is 11.0 Å². The second-order valence-electron chi connectivity index (χ2n) is 6.86. The Balaban J connectivity index is 1.39. The molecule has 138 valence electrons. The highest BCUT2D eigenvalue weighted by molar-refractivity contribution is 7.90. The lowest BCUT2D eigenvalue weighted by atomic mass is 9.91. The van der Waals surface area contributed by atoms with Crippen molar-refractivity contribution in [2.45, 2.75) is 23.7 Å². The summed E-state index contributed by atoms with van der Waals surface area (Å²) in [5, 5.41) is 4.99. The van der Waals surface area contributed by atoms with E-state index in [1.54, 1.807) is 24.3 Å². The van der Waals surface area contributed by atoms with E-state index in [2.05, 4.69) is 9.55 Å². The van der Waals surface area contributed by atoms with Crippen LogP contribution < -0.4 is 0 Å². The topological polar surface area (TPSA) is 75.8 Å². The molecule has 3 heterocycles. The van der Waals surface area contributed by atoms with Crippen LogP contribution in [0.5, 0.6) is 0 Å². The van der Waals surface area contributed by atoms with Crippen molar-refractivity contribution in [1.82, 2.24) is 10.1 Å². The molecular formula is C19H16FN3O3S. The molecule has 0 aliphatic carbocycles. The first-order valence-electron chi connectivity index (χ1n) is 8.77. The van der Waals surface area contributed by atoms with Gasteiger partial charge in [-0.15, -0.1) is 4.40 Å². The molecule has 1 saturated heterocycles. The number of amidine groups is 1. The van der Waals surface area contributed by atoms with E-state index in [9.17, 15) is 12.8 Å². The third-order valence-corrected chi connectivity index (χ3v) is 6.58. The zero-order valence-corrected chi connectivity index (χ0v) is 15.1. The maximum absolute atomic E-state index is 13.3. The summed E-state index contributed by atoms with van der Waals surface area (Å²) in [4.78, 5) is 2.29. The fourth-order valence-electron chi connectivity index (χ4n) is 3.91. The summed E-state index contributed by atoms with van der Waals surface area (Å²) in [7, 11) is -3.61. The number of likely N-dealkylation sites (tertiary alicyclic amines) is 1. The number of piperidine rings is 1. The molecule has 2 aliphatic heterocycles. The molecule has 0 atom stereocenters. The van der Waals surface area contributed by atoms with Gasteiger partial charge in [-0.3, -0.25) is 0 Å². The Hall–Kier alpha value is -2.74. The molecule has 0 saturated carbocycles. The van der Waals surface area contributed by atoms with Crippen molar-refractivity contribution < 1.29 is 17.3 Å². The minimum atomic E-state index is -3.61. The normalized spacial score (nSPS) is 19.3. The van der Waals surface area contributed by atoms with Gasteiger partial charge in [0.05, 0.1) is 5.69 Å². The van der Waals surface area contributed by atoms with Crippen molar-refractivity contribution in [3.8, 4) is 0 Å². The first-order chi connectivity index (χ1) is 13.0. The number of hydrogen-bond acceptors (Lipinski definition) is 5. The fraction of sp³-hybridized carbons (Fsp3) is 0.263. The zero-order chi connectivity index (χ0) is 18.6. The smallest absolute Gasteiger partial charge is 0.285 e. The molecule has 8 heteroatoms. The second-order valence-corrected chi connectivity index (χ2v) is 8.43. The Morgan fingerprint density at radius 1 is 1.11 bits per heavy atom. The van der Waals surface area contributed by atoms with Crippen LogP contribution in [0.2, 0.25) is 0 Å². The maximum Gasteiger partial charge on any atom is 0.285 e. The summed E-state index contributed by atoms with van der Waals surface area (Å²) < 4.78 is 47.1. The Morgan fingerprint density at radius 3 is 2.70 bits per heavy atom. The molecular weight excluding hydrogens is 369 g/mol. The van der Waals surface area contributed by atoms with Crippen LogP contribution in [-0.2, 0) is 10.0 Å². The van der Waals surface area contributed by atoms with E-state index in [0.29, 0.717) is 30.1 Å². The van der Waals surface area contributed by atoms with Crippen LogP contribution in [0.15, 0.2) is 56.3 Å². The van der Waals surface area contributed by atoms with Crippen molar-refractivity contribution in [3.63, 3.8) is 0 Å². The minimum Gasteiger partial charge on any atom is -0.356 e. The van der Waals surface area contributed by atoms with Gasteiger partial charge in [-0.1, -0.05) is 17.3 Å². The SMILES string of the molecule is O=S1(=O)N=C(N2CCC(c3noc4cc(F)ccc34)CC2)c2ccccc21. The van der Waals surface area contributed by atoms with Gasteiger partial charge in [-0.25, -0.2) is 4.39 Å². The largest absolute Gasteiger partial charge is 0.356 e. The number of benzene rings is 2. The molecule has 0 N–H and O–H groups in total. The summed E-state index contributed by atoms with van der Waals surface area (Å²) >= 11 is 0. The van der Waals surface area contributed by atoms with E-state index in [0.717, 1.165) is 23.9 Å². The number of fused-ring (bicyclic) bond motifs is 2. The molecule has 5 rings (SSSR count). The maximum atomic E-state index is 13.3. The molecule has 6 nitrogen and oxygen atoms in total. The fourth-order valence-corrected chi connectivity index (χ4v) is 5.13. The molecule has 2 aromatic carbocycles. The van der Waals surface area contributed by atoms with E-state index < -0.39 is 10.0 Å². The van der Waals surface area contributed by atoms with Gasteiger partial charge in [0, 0.05) is 36.0 Å². The summed E-state index contributed by atoms with van der Waals surface area (Å²) in [5.41, 5.74) is 1.96. The van der Waals surface area contributed by atoms with Gasteiger partial charge in [0.1, 0.15) is 10.7 Å². The van der Waals surface area contributed by atoms with Crippen LogP contribution in [0.4, 0.5) is 4.39 Å². The number of halogens is 1. The van der Waals surface area contributed by atoms with Gasteiger partial charge in [0.15, 0.2) is 11.4 Å². The number of sulfonamides is 1.